The predicted octanol–water partition coefficient (Wildman–Crippen LogP) is 5.73. The van der Waals surface area contributed by atoms with Crippen molar-refractivity contribution in [2.24, 2.45) is 0 Å². The minimum atomic E-state index is -0.568. The number of rotatable bonds is 4. The van der Waals surface area contributed by atoms with E-state index in [-0.39, 0.29) is 12.5 Å². The van der Waals surface area contributed by atoms with Crippen LogP contribution >= 0.6 is 31.9 Å². The summed E-state index contributed by atoms with van der Waals surface area (Å²) in [5.41, 5.74) is 3.62. The van der Waals surface area contributed by atoms with Crippen LogP contribution in [0.3, 0.4) is 0 Å². The summed E-state index contributed by atoms with van der Waals surface area (Å²) in [7, 11) is 0. The van der Waals surface area contributed by atoms with Gasteiger partial charge in [0.25, 0.3) is 5.91 Å². The van der Waals surface area contributed by atoms with Crippen molar-refractivity contribution in [3.05, 3.63) is 56.0 Å². The number of carbonyl (C=O) groups is 2. The van der Waals surface area contributed by atoms with Crippen LogP contribution in [0.4, 0.5) is 5.69 Å². The van der Waals surface area contributed by atoms with Gasteiger partial charge in [-0.05, 0) is 95.5 Å². The van der Waals surface area contributed by atoms with Gasteiger partial charge in [0.2, 0.25) is 0 Å². The number of halogens is 2. The summed E-state index contributed by atoms with van der Waals surface area (Å²) in [6, 6.07) is 9.53. The highest BCUT2D eigenvalue weighted by Crippen LogP contribution is 2.38. The highest BCUT2D eigenvalue weighted by molar-refractivity contribution is 9.11. The molecule has 0 fully saturated rings. The summed E-state index contributed by atoms with van der Waals surface area (Å²) in [6.07, 6.45) is 1.83. The van der Waals surface area contributed by atoms with Crippen molar-refractivity contribution in [1.29, 1.82) is 0 Å². The molecule has 5 nitrogen and oxygen atoms in total. The van der Waals surface area contributed by atoms with E-state index in [0.717, 1.165) is 22.4 Å². The molecule has 0 saturated carbocycles. The minimum Gasteiger partial charge on any atom is -0.480 e. The van der Waals surface area contributed by atoms with Crippen molar-refractivity contribution < 1.29 is 19.1 Å². The predicted molar refractivity (Wildman–Crippen MR) is 121 cm³/mol. The number of nitrogens with one attached hydrogen (secondary N) is 1. The molecule has 1 N–H and O–H groups in total. The lowest BCUT2D eigenvalue weighted by Gasteiger charge is -2.20. The van der Waals surface area contributed by atoms with Crippen LogP contribution in [-0.2, 0) is 14.3 Å². The number of fused-ring (bicyclic) bond motifs is 1. The second-order valence-electron chi connectivity index (χ2n) is 7.75. The minimum absolute atomic E-state index is 0.136. The number of aryl methyl sites for hydroxylation is 1. The van der Waals surface area contributed by atoms with Gasteiger partial charge in [-0.3, -0.25) is 4.79 Å². The smallest absolute Gasteiger partial charge is 0.344 e. The van der Waals surface area contributed by atoms with E-state index in [2.05, 4.69) is 37.2 Å². The van der Waals surface area contributed by atoms with Crippen LogP contribution in [0.2, 0.25) is 0 Å². The molecule has 2 aromatic carbocycles. The van der Waals surface area contributed by atoms with E-state index in [9.17, 15) is 9.59 Å². The zero-order valence-electron chi connectivity index (χ0n) is 16.6. The summed E-state index contributed by atoms with van der Waals surface area (Å²) >= 11 is 6.96. The molecule has 29 heavy (non-hydrogen) atoms. The van der Waals surface area contributed by atoms with Gasteiger partial charge in [-0.15, -0.1) is 0 Å². The molecule has 1 heterocycles. The molecular formula is C22H21Br2NO4. The van der Waals surface area contributed by atoms with E-state index in [1.54, 1.807) is 20.8 Å². The van der Waals surface area contributed by atoms with Gasteiger partial charge in [-0.25, -0.2) is 4.79 Å². The van der Waals surface area contributed by atoms with Gasteiger partial charge in [0.1, 0.15) is 11.4 Å². The summed E-state index contributed by atoms with van der Waals surface area (Å²) in [5.74, 6) is -0.0923. The van der Waals surface area contributed by atoms with Crippen LogP contribution in [0.5, 0.6) is 5.75 Å². The van der Waals surface area contributed by atoms with Crippen LogP contribution in [0.15, 0.2) is 39.3 Å². The number of anilines is 1. The van der Waals surface area contributed by atoms with Crippen LogP contribution in [-0.4, -0.2) is 24.1 Å². The maximum atomic E-state index is 12.4. The van der Waals surface area contributed by atoms with Gasteiger partial charge in [-0.2, -0.15) is 0 Å². The number of ether oxygens (including phenoxy) is 2. The summed E-state index contributed by atoms with van der Waals surface area (Å²) in [5, 5.41) is 2.88. The number of hydrogen-bond acceptors (Lipinski definition) is 4. The van der Waals surface area contributed by atoms with E-state index in [4.69, 9.17) is 9.47 Å². The second kappa shape index (κ2) is 8.32. The largest absolute Gasteiger partial charge is 0.480 e. The fourth-order valence-corrected chi connectivity index (χ4v) is 4.37. The molecule has 1 aliphatic heterocycles. The Kier molecular flexibility index (Phi) is 6.19. The standard InChI is InChI=1S/C22H21Br2NO4/c1-12-5-6-18-14(7-12)15(21(27)25-18)8-13-9-16(23)20(17(24)10-13)28-11-19(26)29-22(2,3)4/h5-10H,11H2,1-4H3,(H,25,27)/b15-8-. The van der Waals surface area contributed by atoms with E-state index in [1.807, 2.05) is 43.3 Å². The van der Waals surface area contributed by atoms with E-state index >= 15 is 0 Å². The molecule has 152 valence electrons. The zero-order chi connectivity index (χ0) is 21.3. The molecule has 0 radical (unpaired) electrons. The average Bonchev–Trinajstić information content (AvgIpc) is 2.88. The number of amides is 1. The Hall–Kier alpha value is -2.12. The first-order valence-electron chi connectivity index (χ1n) is 9.01. The van der Waals surface area contributed by atoms with Crippen molar-refractivity contribution in [3.8, 4) is 5.75 Å². The number of benzene rings is 2. The van der Waals surface area contributed by atoms with Gasteiger partial charge in [-0.1, -0.05) is 11.6 Å². The van der Waals surface area contributed by atoms with Gasteiger partial charge >= 0.3 is 5.97 Å². The molecule has 0 aromatic heterocycles. The fourth-order valence-electron chi connectivity index (χ4n) is 2.91. The maximum Gasteiger partial charge on any atom is 0.344 e. The number of esters is 1. The van der Waals surface area contributed by atoms with E-state index in [0.29, 0.717) is 20.3 Å². The first-order valence-corrected chi connectivity index (χ1v) is 10.6. The van der Waals surface area contributed by atoms with Crippen molar-refractivity contribution in [3.63, 3.8) is 0 Å². The third-order valence-electron chi connectivity index (χ3n) is 4.04. The van der Waals surface area contributed by atoms with Gasteiger partial charge in [0.05, 0.1) is 8.95 Å². The first kappa shape index (κ1) is 21.6. The topological polar surface area (TPSA) is 64.6 Å². The number of hydrogen-bond donors (Lipinski definition) is 1. The average molecular weight is 523 g/mol. The Morgan fingerprint density at radius 1 is 1.14 bits per heavy atom. The quantitative estimate of drug-likeness (QED) is 0.411. The molecular weight excluding hydrogens is 502 g/mol. The monoisotopic (exact) mass is 521 g/mol. The second-order valence-corrected chi connectivity index (χ2v) is 9.46. The number of carbonyl (C=O) groups excluding carboxylic acids is 2. The molecule has 7 heteroatoms. The van der Waals surface area contributed by atoms with Crippen molar-refractivity contribution in [1.82, 2.24) is 0 Å². The van der Waals surface area contributed by atoms with Gasteiger partial charge < -0.3 is 14.8 Å². The Labute approximate surface area is 186 Å². The lowest BCUT2D eigenvalue weighted by atomic mass is 10.0. The SMILES string of the molecule is Cc1ccc2c(c1)/C(=C/c1cc(Br)c(OCC(=O)OC(C)(C)C)c(Br)c1)C(=O)N2. The molecule has 0 bridgehead atoms. The lowest BCUT2D eigenvalue weighted by Crippen LogP contribution is -2.27. The van der Waals surface area contributed by atoms with Gasteiger partial charge in [0, 0.05) is 16.8 Å². The molecule has 0 spiro atoms. The van der Waals surface area contributed by atoms with Crippen molar-refractivity contribution in [2.45, 2.75) is 33.3 Å². The first-order chi connectivity index (χ1) is 13.5. The lowest BCUT2D eigenvalue weighted by molar-refractivity contribution is -0.157. The van der Waals surface area contributed by atoms with Crippen LogP contribution in [0.25, 0.3) is 11.6 Å². The van der Waals surface area contributed by atoms with Crippen LogP contribution in [0, 0.1) is 6.92 Å². The van der Waals surface area contributed by atoms with Crippen LogP contribution in [0.1, 0.15) is 37.5 Å². The normalized spacial score (nSPS) is 14.6. The Morgan fingerprint density at radius 2 is 1.79 bits per heavy atom. The molecule has 0 saturated heterocycles. The fraction of sp³-hybridized carbons (Fsp3) is 0.273. The zero-order valence-corrected chi connectivity index (χ0v) is 19.7. The molecule has 0 aliphatic carbocycles. The molecule has 0 atom stereocenters. The van der Waals surface area contributed by atoms with E-state index < -0.39 is 11.6 Å². The Morgan fingerprint density at radius 3 is 2.41 bits per heavy atom. The highest BCUT2D eigenvalue weighted by Gasteiger charge is 2.24. The van der Waals surface area contributed by atoms with Gasteiger partial charge in [0.15, 0.2) is 6.61 Å². The Bertz CT molecular complexity index is 999. The van der Waals surface area contributed by atoms with E-state index in [1.165, 1.54) is 0 Å². The van der Waals surface area contributed by atoms with Crippen molar-refractivity contribution in [2.75, 3.05) is 11.9 Å². The molecule has 3 rings (SSSR count). The third kappa shape index (κ3) is 5.28. The highest BCUT2D eigenvalue weighted by atomic mass is 79.9. The third-order valence-corrected chi connectivity index (χ3v) is 5.22. The molecule has 1 aliphatic rings. The summed E-state index contributed by atoms with van der Waals surface area (Å²) < 4.78 is 12.2. The summed E-state index contributed by atoms with van der Waals surface area (Å²) in [4.78, 5) is 24.3. The molecule has 2 aromatic rings. The maximum absolute atomic E-state index is 12.4. The summed E-state index contributed by atoms with van der Waals surface area (Å²) in [6.45, 7) is 7.20. The molecule has 0 unspecified atom stereocenters. The molecule has 1 amide bonds. The Balaban J connectivity index is 1.83. The van der Waals surface area contributed by atoms with Crippen molar-refractivity contribution >= 4 is 61.1 Å². The van der Waals surface area contributed by atoms with Crippen LogP contribution < -0.4 is 10.1 Å².